The molecule has 1 aliphatic rings. The fourth-order valence-electron chi connectivity index (χ4n) is 1.92. The Morgan fingerprint density at radius 1 is 1.41 bits per heavy atom. The largest absolute Gasteiger partial charge is 0.360 e. The van der Waals surface area contributed by atoms with Gasteiger partial charge in [0.1, 0.15) is 16.1 Å². The minimum absolute atomic E-state index is 0.0857. The minimum Gasteiger partial charge on any atom is -0.360 e. The Kier molecular flexibility index (Phi) is 5.85. The summed E-state index contributed by atoms with van der Waals surface area (Å²) in [4.78, 5) is 2.20. The van der Waals surface area contributed by atoms with Gasteiger partial charge in [-0.05, 0) is 26.8 Å². The van der Waals surface area contributed by atoms with Gasteiger partial charge in [-0.1, -0.05) is 0 Å². The number of nitrogens with one attached hydrogen (secondary N) is 1. The molecular weight excluding hydrogens is 240 g/mol. The fourth-order valence-corrected chi connectivity index (χ4v) is 2.51. The number of likely N-dealkylation sites (tertiary alicyclic amines) is 1. The Morgan fingerprint density at radius 2 is 2.00 bits per heavy atom. The highest BCUT2D eigenvalue weighted by molar-refractivity contribution is 7.90. The van der Waals surface area contributed by atoms with Crippen molar-refractivity contribution in [3.8, 4) is 0 Å². The van der Waals surface area contributed by atoms with Crippen LogP contribution in [-0.2, 0) is 14.6 Å². The lowest BCUT2D eigenvalue weighted by atomic mass is 10.1. The Morgan fingerprint density at radius 3 is 2.47 bits per heavy atom. The highest BCUT2D eigenvalue weighted by atomic mass is 32.2. The molecule has 102 valence electrons. The molecule has 1 N–H and O–H groups in total. The maximum atomic E-state index is 11.1. The molecule has 1 fully saturated rings. The summed E-state index contributed by atoms with van der Waals surface area (Å²) in [5, 5.41) is 3.05. The molecule has 0 spiro atoms. The van der Waals surface area contributed by atoms with Crippen molar-refractivity contribution in [2.24, 2.45) is 0 Å². The van der Waals surface area contributed by atoms with Crippen molar-refractivity contribution in [2.75, 3.05) is 38.7 Å². The predicted octanol–water partition coefficient (Wildman–Crippen LogP) is 0.0774. The van der Waals surface area contributed by atoms with E-state index >= 15 is 0 Å². The van der Waals surface area contributed by atoms with Crippen LogP contribution in [0.2, 0.25) is 0 Å². The number of piperidine rings is 1. The summed E-state index contributed by atoms with van der Waals surface area (Å²) in [5.74, 6) is 0.255. The summed E-state index contributed by atoms with van der Waals surface area (Å²) in [7, 11) is -0.962. The summed E-state index contributed by atoms with van der Waals surface area (Å²) >= 11 is 0. The number of nitrogens with zero attached hydrogens (tertiary/aromatic N) is 1. The molecule has 17 heavy (non-hydrogen) atoms. The van der Waals surface area contributed by atoms with E-state index in [0.717, 1.165) is 25.9 Å². The monoisotopic (exact) mass is 264 g/mol. The van der Waals surface area contributed by atoms with Crippen LogP contribution in [0.25, 0.3) is 0 Å². The van der Waals surface area contributed by atoms with Crippen molar-refractivity contribution in [2.45, 2.75) is 32.1 Å². The second-order valence-electron chi connectivity index (χ2n) is 4.74. The number of ether oxygens (including phenoxy) is 1. The molecule has 0 bridgehead atoms. The van der Waals surface area contributed by atoms with Crippen LogP contribution < -0.4 is 5.32 Å². The molecular formula is C11H24N2O3S. The highest BCUT2D eigenvalue weighted by Gasteiger charge is 2.21. The van der Waals surface area contributed by atoms with Crippen molar-refractivity contribution in [1.82, 2.24) is 10.2 Å². The smallest absolute Gasteiger partial charge is 0.148 e. The third-order valence-corrected chi connectivity index (χ3v) is 4.04. The van der Waals surface area contributed by atoms with Gasteiger partial charge >= 0.3 is 0 Å². The van der Waals surface area contributed by atoms with Gasteiger partial charge in [0.25, 0.3) is 0 Å². The average molecular weight is 264 g/mol. The van der Waals surface area contributed by atoms with Gasteiger partial charge in [-0.25, -0.2) is 8.42 Å². The first-order chi connectivity index (χ1) is 7.90. The Bertz CT molecular complexity index is 311. The Balaban J connectivity index is 2.22. The highest BCUT2D eigenvalue weighted by Crippen LogP contribution is 2.14. The summed E-state index contributed by atoms with van der Waals surface area (Å²) in [6, 6.07) is 0. The van der Waals surface area contributed by atoms with Gasteiger partial charge in [0.2, 0.25) is 0 Å². The number of sulfone groups is 1. The third kappa shape index (κ3) is 6.35. The van der Waals surface area contributed by atoms with Crippen LogP contribution in [0, 0.1) is 0 Å². The molecule has 0 radical (unpaired) electrons. The van der Waals surface area contributed by atoms with Gasteiger partial charge in [0.05, 0.1) is 11.9 Å². The van der Waals surface area contributed by atoms with Crippen LogP contribution in [0.3, 0.4) is 0 Å². The lowest BCUT2D eigenvalue weighted by Crippen LogP contribution is -2.41. The van der Waals surface area contributed by atoms with Crippen LogP contribution in [0.4, 0.5) is 0 Å². The van der Waals surface area contributed by atoms with Crippen molar-refractivity contribution in [3.05, 3.63) is 0 Å². The third-order valence-electron chi connectivity index (χ3n) is 3.12. The maximum Gasteiger partial charge on any atom is 0.148 e. The van der Waals surface area contributed by atoms with Crippen LogP contribution in [0.1, 0.15) is 19.8 Å². The van der Waals surface area contributed by atoms with E-state index in [0.29, 0.717) is 12.6 Å². The molecule has 0 aromatic rings. The average Bonchev–Trinajstić information content (AvgIpc) is 2.27. The molecule has 1 saturated heterocycles. The molecule has 0 amide bonds. The topological polar surface area (TPSA) is 58.6 Å². The van der Waals surface area contributed by atoms with E-state index in [9.17, 15) is 8.42 Å². The van der Waals surface area contributed by atoms with Crippen LogP contribution in [0.5, 0.6) is 0 Å². The van der Waals surface area contributed by atoms with Crippen LogP contribution >= 0.6 is 0 Å². The van der Waals surface area contributed by atoms with E-state index in [1.54, 1.807) is 0 Å². The van der Waals surface area contributed by atoms with Crippen molar-refractivity contribution < 1.29 is 13.2 Å². The Labute approximate surface area is 104 Å². The van der Waals surface area contributed by atoms with Gasteiger partial charge < -0.3 is 9.64 Å². The summed E-state index contributed by atoms with van der Waals surface area (Å²) in [6.07, 6.45) is 3.64. The molecule has 6 heteroatoms. The van der Waals surface area contributed by atoms with Gasteiger partial charge in [-0.15, -0.1) is 0 Å². The van der Waals surface area contributed by atoms with E-state index in [-0.39, 0.29) is 12.0 Å². The van der Waals surface area contributed by atoms with Gasteiger partial charge in [-0.3, -0.25) is 5.32 Å². The lowest BCUT2D eigenvalue weighted by molar-refractivity contribution is -0.0444. The lowest BCUT2D eigenvalue weighted by Gasteiger charge is -2.32. The zero-order valence-electron chi connectivity index (χ0n) is 11.0. The molecule has 1 heterocycles. The summed E-state index contributed by atoms with van der Waals surface area (Å²) in [5.41, 5.74) is 0. The second kappa shape index (κ2) is 6.68. The molecule has 0 aromatic heterocycles. The van der Waals surface area contributed by atoms with Crippen molar-refractivity contribution >= 4 is 9.84 Å². The molecule has 1 rings (SSSR count). The maximum absolute atomic E-state index is 11.1. The molecule has 1 unspecified atom stereocenters. The number of hydrogen-bond acceptors (Lipinski definition) is 5. The number of hydrogen-bond donors (Lipinski definition) is 1. The summed E-state index contributed by atoms with van der Waals surface area (Å²) < 4.78 is 27.9. The van der Waals surface area contributed by atoms with E-state index in [1.165, 1.54) is 6.26 Å². The van der Waals surface area contributed by atoms with E-state index in [4.69, 9.17) is 4.74 Å². The first-order valence-electron chi connectivity index (χ1n) is 6.13. The predicted molar refractivity (Wildman–Crippen MR) is 68.8 cm³/mol. The van der Waals surface area contributed by atoms with Gasteiger partial charge in [0.15, 0.2) is 0 Å². The molecule has 0 aliphatic carbocycles. The number of rotatable bonds is 6. The first kappa shape index (κ1) is 14.9. The quantitative estimate of drug-likeness (QED) is 0.688. The van der Waals surface area contributed by atoms with E-state index < -0.39 is 9.84 Å². The van der Waals surface area contributed by atoms with E-state index in [2.05, 4.69) is 10.2 Å². The van der Waals surface area contributed by atoms with Gasteiger partial charge in [0, 0.05) is 25.9 Å². The van der Waals surface area contributed by atoms with Gasteiger partial charge in [-0.2, -0.15) is 0 Å². The molecule has 1 atom stereocenters. The first-order valence-corrected chi connectivity index (χ1v) is 8.19. The second-order valence-corrected chi connectivity index (χ2v) is 7.00. The fraction of sp³-hybridized carbons (Fsp3) is 1.00. The Hall–Kier alpha value is -0.170. The normalized spacial score (nSPS) is 21.6. The van der Waals surface area contributed by atoms with Crippen molar-refractivity contribution in [1.29, 1.82) is 0 Å². The standard InChI is InChI=1S/C11H24N2O3S/c1-10(12-2)16-11-4-6-13(7-5-11)8-9-17(3,14)15/h10-12H,4-9H2,1-3H3. The molecule has 5 nitrogen and oxygen atoms in total. The van der Waals surface area contributed by atoms with E-state index in [1.807, 2.05) is 14.0 Å². The zero-order chi connectivity index (χ0) is 12.9. The zero-order valence-corrected chi connectivity index (χ0v) is 11.8. The van der Waals surface area contributed by atoms with Crippen molar-refractivity contribution in [3.63, 3.8) is 0 Å². The van der Waals surface area contributed by atoms with Crippen LogP contribution in [-0.4, -0.2) is 64.3 Å². The summed E-state index contributed by atoms with van der Waals surface area (Å²) in [6.45, 7) is 4.50. The van der Waals surface area contributed by atoms with Crippen LogP contribution in [0.15, 0.2) is 0 Å². The minimum atomic E-state index is -2.84. The molecule has 0 aromatic carbocycles. The molecule has 1 aliphatic heterocycles. The molecule has 0 saturated carbocycles. The SMILES string of the molecule is CNC(C)OC1CCN(CCS(C)(=O)=O)CC1.